The highest BCUT2D eigenvalue weighted by Gasteiger charge is 2.15. The minimum Gasteiger partial charge on any atom is -0.493 e. The average molecular weight is 384 g/mol. The molecule has 26 heavy (non-hydrogen) atoms. The predicted molar refractivity (Wildman–Crippen MR) is 96.5 cm³/mol. The fourth-order valence-corrected chi connectivity index (χ4v) is 2.44. The van der Waals surface area contributed by atoms with Crippen LogP contribution in [0.3, 0.4) is 0 Å². The van der Waals surface area contributed by atoms with Crippen LogP contribution in [-0.4, -0.2) is 43.0 Å². The summed E-state index contributed by atoms with van der Waals surface area (Å²) in [7, 11) is 1.57. The number of nitrogens with zero attached hydrogens (tertiary/aromatic N) is 2. The van der Waals surface area contributed by atoms with Gasteiger partial charge in [-0.3, -0.25) is 4.79 Å². The monoisotopic (exact) mass is 383 g/mol. The molecule has 0 radical (unpaired) electrons. The zero-order valence-corrected chi connectivity index (χ0v) is 15.4. The minimum atomic E-state index is -0.437. The van der Waals surface area contributed by atoms with Crippen LogP contribution in [0.1, 0.15) is 29.4 Å². The number of ether oxygens (including phenoxy) is 2. The van der Waals surface area contributed by atoms with E-state index in [4.69, 9.17) is 26.8 Å². The first kappa shape index (κ1) is 19.8. The zero-order valence-electron chi connectivity index (χ0n) is 14.7. The molecule has 2 rings (SSSR count). The first-order valence-corrected chi connectivity index (χ1v) is 8.50. The molecule has 0 aliphatic rings. The van der Waals surface area contributed by atoms with E-state index in [1.165, 1.54) is 0 Å². The number of nitrogens with two attached hydrogens (primary N) is 1. The van der Waals surface area contributed by atoms with E-state index >= 15 is 0 Å². The lowest BCUT2D eigenvalue weighted by molar-refractivity contribution is 0.0944. The van der Waals surface area contributed by atoms with Crippen molar-refractivity contribution in [3.63, 3.8) is 0 Å². The molecule has 0 atom stereocenters. The largest absolute Gasteiger partial charge is 0.493 e. The van der Waals surface area contributed by atoms with Gasteiger partial charge in [-0.2, -0.15) is 0 Å². The molecular formula is C16H22ClN5O4. The van der Waals surface area contributed by atoms with Crippen LogP contribution in [0.15, 0.2) is 16.8 Å². The number of hydrogen-bond donors (Lipinski definition) is 3. The molecule has 10 heteroatoms. The summed E-state index contributed by atoms with van der Waals surface area (Å²) in [5, 5.41) is 13.1. The van der Waals surface area contributed by atoms with Crippen molar-refractivity contribution < 1.29 is 18.9 Å². The molecule has 0 unspecified atom stereocenters. The summed E-state index contributed by atoms with van der Waals surface area (Å²) >= 11 is 6.28. The molecular weight excluding hydrogens is 362 g/mol. The number of benzene rings is 1. The number of nitrogens with one attached hydrogen (secondary N) is 2. The van der Waals surface area contributed by atoms with Gasteiger partial charge >= 0.3 is 0 Å². The molecule has 9 nitrogen and oxygen atoms in total. The van der Waals surface area contributed by atoms with E-state index in [-0.39, 0.29) is 11.5 Å². The van der Waals surface area contributed by atoms with Crippen LogP contribution in [0.5, 0.6) is 11.5 Å². The highest BCUT2D eigenvalue weighted by molar-refractivity contribution is 6.32. The second-order valence-electron chi connectivity index (χ2n) is 5.39. The molecule has 0 bridgehead atoms. The van der Waals surface area contributed by atoms with E-state index in [1.807, 2.05) is 19.1 Å². The van der Waals surface area contributed by atoms with Gasteiger partial charge < -0.3 is 25.8 Å². The molecule has 0 aliphatic carbocycles. The van der Waals surface area contributed by atoms with Gasteiger partial charge in [-0.05, 0) is 34.4 Å². The van der Waals surface area contributed by atoms with Crippen molar-refractivity contribution in [2.75, 3.05) is 32.5 Å². The Labute approximate surface area is 156 Å². The summed E-state index contributed by atoms with van der Waals surface area (Å²) in [5.41, 5.74) is 6.37. The van der Waals surface area contributed by atoms with Crippen LogP contribution in [0, 0.1) is 0 Å². The Morgan fingerprint density at radius 3 is 2.81 bits per heavy atom. The molecule has 0 fully saturated rings. The highest BCUT2D eigenvalue weighted by Crippen LogP contribution is 2.36. The number of amides is 1. The van der Waals surface area contributed by atoms with Crippen molar-refractivity contribution in [1.29, 1.82) is 0 Å². The third kappa shape index (κ3) is 5.24. The van der Waals surface area contributed by atoms with Gasteiger partial charge in [0.05, 0.1) is 18.7 Å². The Kier molecular flexibility index (Phi) is 7.49. The van der Waals surface area contributed by atoms with Crippen LogP contribution in [0.25, 0.3) is 0 Å². The number of nitrogen functional groups attached to an aromatic ring is 1. The second-order valence-corrected chi connectivity index (χ2v) is 5.80. The molecule has 1 amide bonds. The Balaban J connectivity index is 1.81. The number of rotatable bonds is 10. The molecule has 2 aromatic rings. The number of hydrogen-bond acceptors (Lipinski definition) is 8. The number of aromatic nitrogens is 2. The topological polar surface area (TPSA) is 125 Å². The van der Waals surface area contributed by atoms with Gasteiger partial charge in [0, 0.05) is 19.6 Å². The number of methoxy groups -OCH3 is 1. The van der Waals surface area contributed by atoms with Crippen molar-refractivity contribution in [1.82, 2.24) is 20.9 Å². The highest BCUT2D eigenvalue weighted by atomic mass is 35.5. The minimum absolute atomic E-state index is 0.0239. The molecule has 1 heterocycles. The summed E-state index contributed by atoms with van der Waals surface area (Å²) in [6.45, 7) is 4.05. The van der Waals surface area contributed by atoms with E-state index in [1.54, 1.807) is 7.11 Å². The molecule has 1 aromatic heterocycles. The third-order valence-electron chi connectivity index (χ3n) is 3.39. The zero-order chi connectivity index (χ0) is 18.9. The standard InChI is InChI=1S/C16H22ClN5O4/c1-3-6-25-14-11(17)7-10(8-12(14)24-2)9-19-4-5-20-16(23)13-15(18)22-26-21-13/h7-8,19H,3-6,9H2,1-2H3,(H2,18,22)(H,20,23). The maximum Gasteiger partial charge on any atom is 0.277 e. The first-order valence-electron chi connectivity index (χ1n) is 8.13. The Morgan fingerprint density at radius 2 is 2.15 bits per heavy atom. The van der Waals surface area contributed by atoms with Crippen molar-refractivity contribution in [2.45, 2.75) is 19.9 Å². The Morgan fingerprint density at radius 1 is 1.35 bits per heavy atom. The molecule has 0 spiro atoms. The smallest absolute Gasteiger partial charge is 0.277 e. The lowest BCUT2D eigenvalue weighted by Crippen LogP contribution is -2.32. The lowest BCUT2D eigenvalue weighted by Gasteiger charge is -2.14. The number of halogens is 1. The van der Waals surface area contributed by atoms with Gasteiger partial charge in [0.15, 0.2) is 11.5 Å². The Bertz CT molecular complexity index is 737. The van der Waals surface area contributed by atoms with Gasteiger partial charge in [0.25, 0.3) is 5.91 Å². The van der Waals surface area contributed by atoms with Gasteiger partial charge in [-0.1, -0.05) is 18.5 Å². The van der Waals surface area contributed by atoms with Gasteiger partial charge in [-0.25, -0.2) is 4.63 Å². The predicted octanol–water partition coefficient (Wildman–Crippen LogP) is 1.62. The maximum atomic E-state index is 11.8. The Hall–Kier alpha value is -2.52. The van der Waals surface area contributed by atoms with E-state index in [0.29, 0.717) is 42.8 Å². The first-order chi connectivity index (χ1) is 12.6. The van der Waals surface area contributed by atoms with Gasteiger partial charge in [-0.15, -0.1) is 0 Å². The maximum absolute atomic E-state index is 11.8. The summed E-state index contributed by atoms with van der Waals surface area (Å²) in [6.07, 6.45) is 0.880. The van der Waals surface area contributed by atoms with Crippen molar-refractivity contribution in [3.05, 3.63) is 28.4 Å². The summed E-state index contributed by atoms with van der Waals surface area (Å²) in [4.78, 5) is 11.8. The molecule has 0 saturated carbocycles. The van der Waals surface area contributed by atoms with E-state index in [2.05, 4.69) is 25.6 Å². The van der Waals surface area contributed by atoms with E-state index < -0.39 is 5.91 Å². The van der Waals surface area contributed by atoms with Gasteiger partial charge in [0.1, 0.15) is 0 Å². The van der Waals surface area contributed by atoms with Crippen molar-refractivity contribution in [2.24, 2.45) is 0 Å². The van der Waals surface area contributed by atoms with Crippen molar-refractivity contribution >= 4 is 23.3 Å². The number of anilines is 1. The van der Waals surface area contributed by atoms with E-state index in [9.17, 15) is 4.79 Å². The quantitative estimate of drug-likeness (QED) is 0.528. The third-order valence-corrected chi connectivity index (χ3v) is 3.67. The SMILES string of the molecule is CCCOc1c(Cl)cc(CNCCNC(=O)c2nonc2N)cc1OC. The van der Waals surface area contributed by atoms with Crippen LogP contribution < -0.4 is 25.8 Å². The van der Waals surface area contributed by atoms with Crippen LogP contribution in [-0.2, 0) is 6.54 Å². The van der Waals surface area contributed by atoms with Crippen LogP contribution in [0.4, 0.5) is 5.82 Å². The van der Waals surface area contributed by atoms with Crippen LogP contribution in [0.2, 0.25) is 5.02 Å². The second kappa shape index (κ2) is 9.83. The van der Waals surface area contributed by atoms with Crippen LogP contribution >= 0.6 is 11.6 Å². The normalized spacial score (nSPS) is 10.6. The van der Waals surface area contributed by atoms with Crippen molar-refractivity contribution in [3.8, 4) is 11.5 Å². The molecule has 0 aliphatic heterocycles. The molecule has 4 N–H and O–H groups in total. The number of carbonyl (C=O) groups is 1. The molecule has 142 valence electrons. The summed E-state index contributed by atoms with van der Waals surface area (Å²) in [6, 6.07) is 3.69. The summed E-state index contributed by atoms with van der Waals surface area (Å²) in [5.74, 6) is 0.658. The summed E-state index contributed by atoms with van der Waals surface area (Å²) < 4.78 is 15.4. The fraction of sp³-hybridized carbons (Fsp3) is 0.438. The average Bonchev–Trinajstić information content (AvgIpc) is 3.06. The van der Waals surface area contributed by atoms with Gasteiger partial charge in [0.2, 0.25) is 11.5 Å². The molecule has 1 aromatic carbocycles. The van der Waals surface area contributed by atoms with E-state index in [0.717, 1.165) is 12.0 Å². The fourth-order valence-electron chi connectivity index (χ4n) is 2.15. The number of carbonyl (C=O) groups excluding carboxylic acids is 1. The molecule has 0 saturated heterocycles. The lowest BCUT2D eigenvalue weighted by atomic mass is 10.2.